The van der Waals surface area contributed by atoms with E-state index in [4.69, 9.17) is 4.74 Å². The van der Waals surface area contributed by atoms with Crippen LogP contribution in [-0.4, -0.2) is 51.9 Å². The van der Waals surface area contributed by atoms with E-state index in [0.717, 1.165) is 5.69 Å². The summed E-state index contributed by atoms with van der Waals surface area (Å²) in [6.45, 7) is 4.35. The maximum absolute atomic E-state index is 12.8. The summed E-state index contributed by atoms with van der Waals surface area (Å²) < 4.78 is 7.02. The maximum Gasteiger partial charge on any atom is 0.308 e. The molecular formula is C18H21N3O4. The third kappa shape index (κ3) is 2.97. The molecule has 0 radical (unpaired) electrons. The molecule has 132 valence electrons. The first-order valence-electron chi connectivity index (χ1n) is 8.14. The minimum Gasteiger partial charge on any atom is -0.494 e. The first-order chi connectivity index (χ1) is 11.9. The fourth-order valence-electron chi connectivity index (χ4n) is 3.29. The Kier molecular flexibility index (Phi) is 4.48. The summed E-state index contributed by atoms with van der Waals surface area (Å²) in [5, 5.41) is 13.6. The molecule has 25 heavy (non-hydrogen) atoms. The lowest BCUT2D eigenvalue weighted by molar-refractivity contribution is -0.142. The van der Waals surface area contributed by atoms with Crippen molar-refractivity contribution in [3.8, 4) is 11.4 Å². The summed E-state index contributed by atoms with van der Waals surface area (Å²) in [5.41, 5.74) is 1.92. The molecule has 1 aliphatic heterocycles. The second kappa shape index (κ2) is 6.58. The smallest absolute Gasteiger partial charge is 0.308 e. The van der Waals surface area contributed by atoms with Crippen molar-refractivity contribution in [2.75, 3.05) is 20.2 Å². The first kappa shape index (κ1) is 17.0. The standard InChI is InChI=1S/C18H21N3O4/c1-11-9-20(10-14(11)18(23)24)17(22)13-8-19-21(12(13)2)15-6-4-5-7-16(15)25-3/h4-8,11,14H,9-10H2,1-3H3,(H,23,24)/t11-,14-/m1/s1. The van der Waals surface area contributed by atoms with E-state index in [9.17, 15) is 14.7 Å². The number of carboxylic acid groups (broad SMARTS) is 1. The van der Waals surface area contributed by atoms with E-state index in [2.05, 4.69) is 5.10 Å². The second-order valence-electron chi connectivity index (χ2n) is 6.36. The lowest BCUT2D eigenvalue weighted by Gasteiger charge is -2.16. The number of ether oxygens (including phenoxy) is 1. The number of benzene rings is 1. The molecule has 1 aliphatic rings. The van der Waals surface area contributed by atoms with E-state index in [1.165, 1.54) is 6.20 Å². The number of nitrogens with zero attached hydrogens (tertiary/aromatic N) is 3. The van der Waals surface area contributed by atoms with Crippen molar-refractivity contribution in [1.29, 1.82) is 0 Å². The van der Waals surface area contributed by atoms with Crippen molar-refractivity contribution in [2.45, 2.75) is 13.8 Å². The molecule has 2 atom stereocenters. The van der Waals surface area contributed by atoms with Gasteiger partial charge in [-0.1, -0.05) is 19.1 Å². The quantitative estimate of drug-likeness (QED) is 0.917. The highest BCUT2D eigenvalue weighted by molar-refractivity contribution is 5.95. The molecule has 3 rings (SSSR count). The lowest BCUT2D eigenvalue weighted by atomic mass is 9.99. The van der Waals surface area contributed by atoms with Crippen LogP contribution in [0.2, 0.25) is 0 Å². The van der Waals surface area contributed by atoms with Gasteiger partial charge in [-0.15, -0.1) is 0 Å². The predicted octanol–water partition coefficient (Wildman–Crippen LogP) is 1.98. The minimum absolute atomic E-state index is 0.0639. The molecule has 0 unspecified atom stereocenters. The SMILES string of the molecule is COc1ccccc1-n1ncc(C(=O)N2C[C@@H](C)[C@H](C(=O)O)C2)c1C. The summed E-state index contributed by atoms with van der Waals surface area (Å²) in [6, 6.07) is 7.44. The zero-order chi connectivity index (χ0) is 18.1. The lowest BCUT2D eigenvalue weighted by Crippen LogP contribution is -2.30. The zero-order valence-corrected chi connectivity index (χ0v) is 14.5. The van der Waals surface area contributed by atoms with Gasteiger partial charge in [-0.3, -0.25) is 9.59 Å². The van der Waals surface area contributed by atoms with Crippen molar-refractivity contribution in [3.05, 3.63) is 41.7 Å². The molecule has 7 nitrogen and oxygen atoms in total. The summed E-state index contributed by atoms with van der Waals surface area (Å²) in [6.07, 6.45) is 1.53. The van der Waals surface area contributed by atoms with Crippen LogP contribution >= 0.6 is 0 Å². The van der Waals surface area contributed by atoms with Gasteiger partial charge in [0.05, 0.1) is 30.5 Å². The Hall–Kier alpha value is -2.83. The van der Waals surface area contributed by atoms with Crippen LogP contribution in [0.1, 0.15) is 23.0 Å². The highest BCUT2D eigenvalue weighted by atomic mass is 16.5. The van der Waals surface area contributed by atoms with Gasteiger partial charge in [0.15, 0.2) is 0 Å². The highest BCUT2D eigenvalue weighted by Gasteiger charge is 2.38. The number of amides is 1. The van der Waals surface area contributed by atoms with Crippen LogP contribution in [0.3, 0.4) is 0 Å². The van der Waals surface area contributed by atoms with Gasteiger partial charge in [0.25, 0.3) is 5.91 Å². The van der Waals surface area contributed by atoms with Crippen molar-refractivity contribution in [3.63, 3.8) is 0 Å². The Balaban J connectivity index is 1.89. The zero-order valence-electron chi connectivity index (χ0n) is 14.5. The van der Waals surface area contributed by atoms with Crippen molar-refractivity contribution < 1.29 is 19.4 Å². The molecule has 0 bridgehead atoms. The van der Waals surface area contributed by atoms with Gasteiger partial charge in [0.1, 0.15) is 11.4 Å². The van der Waals surface area contributed by atoms with Crippen LogP contribution < -0.4 is 4.74 Å². The van der Waals surface area contributed by atoms with E-state index >= 15 is 0 Å². The fourth-order valence-corrected chi connectivity index (χ4v) is 3.29. The van der Waals surface area contributed by atoms with Gasteiger partial charge in [-0.2, -0.15) is 5.10 Å². The molecule has 2 heterocycles. The molecule has 1 saturated heterocycles. The Labute approximate surface area is 145 Å². The topological polar surface area (TPSA) is 84.7 Å². The summed E-state index contributed by atoms with van der Waals surface area (Å²) in [4.78, 5) is 25.7. The molecule has 2 aromatic rings. The number of hydrogen-bond donors (Lipinski definition) is 1. The van der Waals surface area contributed by atoms with Crippen LogP contribution in [0.25, 0.3) is 5.69 Å². The molecule has 0 aliphatic carbocycles. The number of rotatable bonds is 4. The number of para-hydroxylation sites is 2. The third-order valence-corrected chi connectivity index (χ3v) is 4.77. The second-order valence-corrected chi connectivity index (χ2v) is 6.36. The summed E-state index contributed by atoms with van der Waals surface area (Å²) in [7, 11) is 1.58. The molecule has 1 amide bonds. The Bertz CT molecular complexity index is 814. The van der Waals surface area contributed by atoms with Crippen LogP contribution in [0.4, 0.5) is 0 Å². The number of hydrogen-bond acceptors (Lipinski definition) is 4. The van der Waals surface area contributed by atoms with Gasteiger partial charge in [-0.25, -0.2) is 4.68 Å². The molecule has 0 spiro atoms. The number of methoxy groups -OCH3 is 1. The van der Waals surface area contributed by atoms with E-state index in [1.807, 2.05) is 38.1 Å². The van der Waals surface area contributed by atoms with E-state index in [1.54, 1.807) is 16.7 Å². The van der Waals surface area contributed by atoms with E-state index in [-0.39, 0.29) is 18.4 Å². The Morgan fingerprint density at radius 2 is 2.00 bits per heavy atom. The van der Waals surface area contributed by atoms with Crippen LogP contribution in [0.5, 0.6) is 5.75 Å². The van der Waals surface area contributed by atoms with Crippen LogP contribution in [0, 0.1) is 18.8 Å². The number of aliphatic carboxylic acids is 1. The molecule has 1 aromatic heterocycles. The van der Waals surface area contributed by atoms with Gasteiger partial charge in [0.2, 0.25) is 0 Å². The molecule has 7 heteroatoms. The molecule has 0 saturated carbocycles. The van der Waals surface area contributed by atoms with Gasteiger partial charge >= 0.3 is 5.97 Å². The van der Waals surface area contributed by atoms with Crippen molar-refractivity contribution >= 4 is 11.9 Å². The monoisotopic (exact) mass is 343 g/mol. The van der Waals surface area contributed by atoms with E-state index < -0.39 is 11.9 Å². The summed E-state index contributed by atoms with van der Waals surface area (Å²) >= 11 is 0. The molecule has 1 fully saturated rings. The third-order valence-electron chi connectivity index (χ3n) is 4.77. The number of likely N-dealkylation sites (tertiary alicyclic amines) is 1. The Morgan fingerprint density at radius 1 is 1.28 bits per heavy atom. The van der Waals surface area contributed by atoms with Gasteiger partial charge in [-0.05, 0) is 25.0 Å². The number of carbonyl (C=O) groups excluding carboxylic acids is 1. The van der Waals surface area contributed by atoms with Crippen LogP contribution in [0.15, 0.2) is 30.5 Å². The van der Waals surface area contributed by atoms with Crippen LogP contribution in [-0.2, 0) is 4.79 Å². The number of carboxylic acids is 1. The van der Waals surface area contributed by atoms with E-state index in [0.29, 0.717) is 23.6 Å². The average molecular weight is 343 g/mol. The minimum atomic E-state index is -0.857. The van der Waals surface area contributed by atoms with Crippen molar-refractivity contribution in [2.24, 2.45) is 11.8 Å². The average Bonchev–Trinajstić information content (AvgIpc) is 3.17. The van der Waals surface area contributed by atoms with Gasteiger partial charge < -0.3 is 14.7 Å². The van der Waals surface area contributed by atoms with Crippen molar-refractivity contribution in [1.82, 2.24) is 14.7 Å². The predicted molar refractivity (Wildman–Crippen MR) is 91.0 cm³/mol. The molecule has 1 N–H and O–H groups in total. The van der Waals surface area contributed by atoms with Gasteiger partial charge in [0, 0.05) is 13.1 Å². The number of aromatic nitrogens is 2. The number of carbonyl (C=O) groups is 2. The Morgan fingerprint density at radius 3 is 2.64 bits per heavy atom. The maximum atomic E-state index is 12.8. The molecule has 1 aromatic carbocycles. The summed E-state index contributed by atoms with van der Waals surface area (Å²) in [5.74, 6) is -0.966. The normalized spacial score (nSPS) is 19.9. The molecular weight excluding hydrogens is 322 g/mol. The first-order valence-corrected chi connectivity index (χ1v) is 8.14. The fraction of sp³-hybridized carbons (Fsp3) is 0.389. The largest absolute Gasteiger partial charge is 0.494 e. The highest BCUT2D eigenvalue weighted by Crippen LogP contribution is 2.27.